The van der Waals surface area contributed by atoms with Crippen LogP contribution >= 0.6 is 24.0 Å². The van der Waals surface area contributed by atoms with E-state index in [2.05, 4.69) is 25.8 Å². The molecular formula is C22H40IN5O4. The van der Waals surface area contributed by atoms with Crippen molar-refractivity contribution in [1.82, 2.24) is 20.9 Å². The highest BCUT2D eigenvalue weighted by molar-refractivity contribution is 14.0. The third-order valence-corrected chi connectivity index (χ3v) is 4.42. The molecular weight excluding hydrogens is 525 g/mol. The third kappa shape index (κ3) is 11.1. The number of ether oxygens (including phenoxy) is 3. The first-order valence-electron chi connectivity index (χ1n) is 10.4. The number of amides is 1. The number of hydrogen-bond acceptors (Lipinski definition) is 6. The van der Waals surface area contributed by atoms with Crippen molar-refractivity contribution in [2.24, 2.45) is 4.99 Å². The van der Waals surface area contributed by atoms with Gasteiger partial charge in [-0.05, 0) is 59.0 Å². The third-order valence-electron chi connectivity index (χ3n) is 4.42. The fourth-order valence-corrected chi connectivity index (χ4v) is 2.87. The molecule has 1 aromatic carbocycles. The molecule has 0 aromatic heterocycles. The zero-order chi connectivity index (χ0) is 23.4. The highest BCUT2D eigenvalue weighted by Crippen LogP contribution is 2.31. The van der Waals surface area contributed by atoms with Crippen molar-refractivity contribution in [3.05, 3.63) is 23.8 Å². The summed E-state index contributed by atoms with van der Waals surface area (Å²) in [5, 5.41) is 9.37. The summed E-state index contributed by atoms with van der Waals surface area (Å²) in [6, 6.07) is 6.04. The number of hydrogen-bond donors (Lipinski definition) is 3. The normalized spacial score (nSPS) is 12.5. The molecule has 0 saturated carbocycles. The number of benzene rings is 1. The average Bonchev–Trinajstić information content (AvgIpc) is 2.70. The molecule has 184 valence electrons. The first kappa shape index (κ1) is 30.0. The first-order chi connectivity index (χ1) is 14.6. The lowest BCUT2D eigenvalue weighted by Crippen LogP contribution is -2.42. The van der Waals surface area contributed by atoms with Crippen molar-refractivity contribution in [2.45, 2.75) is 38.8 Å². The van der Waals surface area contributed by atoms with E-state index in [1.165, 1.54) is 0 Å². The molecule has 3 N–H and O–H groups in total. The van der Waals surface area contributed by atoms with E-state index in [1.54, 1.807) is 21.3 Å². The fraction of sp³-hybridized carbons (Fsp3) is 0.636. The molecule has 0 fully saturated rings. The number of likely N-dealkylation sites (N-methyl/N-ethyl adjacent to an activating group) is 1. The maximum Gasteiger partial charge on any atom is 0.407 e. The van der Waals surface area contributed by atoms with Crippen molar-refractivity contribution in [3.63, 3.8) is 0 Å². The summed E-state index contributed by atoms with van der Waals surface area (Å²) in [4.78, 5) is 18.1. The number of carbonyl (C=O) groups is 1. The number of nitrogens with zero attached hydrogens (tertiary/aromatic N) is 2. The van der Waals surface area contributed by atoms with E-state index >= 15 is 0 Å². The molecule has 32 heavy (non-hydrogen) atoms. The Morgan fingerprint density at radius 3 is 2.22 bits per heavy atom. The van der Waals surface area contributed by atoms with Crippen LogP contribution in [0.5, 0.6) is 11.5 Å². The van der Waals surface area contributed by atoms with Crippen LogP contribution in [0.4, 0.5) is 4.79 Å². The first-order valence-corrected chi connectivity index (χ1v) is 10.4. The van der Waals surface area contributed by atoms with Gasteiger partial charge in [-0.2, -0.15) is 0 Å². The monoisotopic (exact) mass is 565 g/mol. The van der Waals surface area contributed by atoms with E-state index in [1.807, 2.05) is 53.1 Å². The van der Waals surface area contributed by atoms with E-state index in [4.69, 9.17) is 14.2 Å². The molecule has 0 saturated heterocycles. The Morgan fingerprint density at radius 1 is 1.06 bits per heavy atom. The van der Waals surface area contributed by atoms with Crippen LogP contribution in [0.3, 0.4) is 0 Å². The van der Waals surface area contributed by atoms with Crippen LogP contribution in [0.15, 0.2) is 23.2 Å². The standard InChI is InChI=1S/C22H39N5O4.HI/c1-22(2,3)31-21(28)25-13-9-12-24-20(23-4)26-15-17(27(5)6)16-10-11-18(29-7)19(14-16)30-8;/h10-11,14,17H,9,12-13,15H2,1-8H3,(H,25,28)(H2,23,24,26);1H. The second kappa shape index (κ2) is 15.0. The topological polar surface area (TPSA) is 96.5 Å². The second-order valence-corrected chi connectivity index (χ2v) is 8.26. The number of rotatable bonds is 10. The molecule has 0 heterocycles. The summed E-state index contributed by atoms with van der Waals surface area (Å²) < 4.78 is 16.0. The summed E-state index contributed by atoms with van der Waals surface area (Å²) in [7, 11) is 9.05. The number of carbonyl (C=O) groups excluding carboxylic acids is 1. The summed E-state index contributed by atoms with van der Waals surface area (Å²) >= 11 is 0. The molecule has 1 amide bonds. The number of halogens is 1. The van der Waals surface area contributed by atoms with Crippen molar-refractivity contribution in [3.8, 4) is 11.5 Å². The van der Waals surface area contributed by atoms with Gasteiger partial charge >= 0.3 is 6.09 Å². The van der Waals surface area contributed by atoms with Gasteiger partial charge in [0, 0.05) is 26.7 Å². The molecule has 10 heteroatoms. The summed E-state index contributed by atoms with van der Waals surface area (Å²) in [5.41, 5.74) is 0.609. The number of aliphatic imine (C=N–C) groups is 1. The van der Waals surface area contributed by atoms with Gasteiger partial charge in [0.25, 0.3) is 0 Å². The molecule has 1 rings (SSSR count). The molecule has 1 atom stereocenters. The molecule has 0 bridgehead atoms. The minimum Gasteiger partial charge on any atom is -0.493 e. The molecule has 0 radical (unpaired) electrons. The molecule has 0 aliphatic carbocycles. The lowest BCUT2D eigenvalue weighted by molar-refractivity contribution is 0.0527. The van der Waals surface area contributed by atoms with E-state index in [9.17, 15) is 4.79 Å². The van der Waals surface area contributed by atoms with Gasteiger partial charge in [0.2, 0.25) is 0 Å². The summed E-state index contributed by atoms with van der Waals surface area (Å²) in [5.74, 6) is 2.10. The van der Waals surface area contributed by atoms with Crippen molar-refractivity contribution in [1.29, 1.82) is 0 Å². The van der Waals surface area contributed by atoms with Crippen LogP contribution in [0.1, 0.15) is 38.8 Å². The van der Waals surface area contributed by atoms with Gasteiger partial charge < -0.3 is 35.1 Å². The van der Waals surface area contributed by atoms with Gasteiger partial charge in [-0.15, -0.1) is 24.0 Å². The zero-order valence-electron chi connectivity index (χ0n) is 20.6. The smallest absolute Gasteiger partial charge is 0.407 e. The lowest BCUT2D eigenvalue weighted by atomic mass is 10.1. The molecule has 1 aromatic rings. The maximum atomic E-state index is 11.7. The SMILES string of the molecule is CN=C(NCCCNC(=O)OC(C)(C)C)NCC(c1ccc(OC)c(OC)c1)N(C)C.I. The minimum absolute atomic E-state index is 0. The van der Waals surface area contributed by atoms with Gasteiger partial charge in [-0.25, -0.2) is 4.79 Å². The Labute approximate surface area is 209 Å². The van der Waals surface area contributed by atoms with E-state index < -0.39 is 11.7 Å². The zero-order valence-corrected chi connectivity index (χ0v) is 22.9. The number of methoxy groups -OCH3 is 2. The van der Waals surface area contributed by atoms with Gasteiger partial charge in [0.1, 0.15) is 5.60 Å². The second-order valence-electron chi connectivity index (χ2n) is 8.26. The largest absolute Gasteiger partial charge is 0.493 e. The van der Waals surface area contributed by atoms with Gasteiger partial charge in [-0.3, -0.25) is 4.99 Å². The molecule has 1 unspecified atom stereocenters. The highest BCUT2D eigenvalue weighted by Gasteiger charge is 2.17. The maximum absolute atomic E-state index is 11.7. The van der Waals surface area contributed by atoms with Crippen LogP contribution in [0, 0.1) is 0 Å². The molecule has 0 spiro atoms. The Hall–Kier alpha value is -1.95. The number of nitrogens with one attached hydrogen (secondary N) is 3. The van der Waals surface area contributed by atoms with Crippen LogP contribution in [-0.4, -0.2) is 77.6 Å². The Balaban J connectivity index is 0.00000961. The van der Waals surface area contributed by atoms with Gasteiger partial charge in [-0.1, -0.05) is 6.07 Å². The number of alkyl carbamates (subject to hydrolysis) is 1. The number of guanidine groups is 1. The minimum atomic E-state index is -0.495. The van der Waals surface area contributed by atoms with E-state index in [-0.39, 0.29) is 30.0 Å². The van der Waals surface area contributed by atoms with Crippen molar-refractivity contribution < 1.29 is 19.0 Å². The van der Waals surface area contributed by atoms with Crippen LogP contribution in [0.2, 0.25) is 0 Å². The van der Waals surface area contributed by atoms with E-state index in [0.29, 0.717) is 37.1 Å². The van der Waals surface area contributed by atoms with Crippen molar-refractivity contribution in [2.75, 3.05) is 55.0 Å². The predicted molar refractivity (Wildman–Crippen MR) is 140 cm³/mol. The van der Waals surface area contributed by atoms with Gasteiger partial charge in [0.15, 0.2) is 17.5 Å². The van der Waals surface area contributed by atoms with E-state index in [0.717, 1.165) is 12.0 Å². The van der Waals surface area contributed by atoms with Crippen molar-refractivity contribution >= 4 is 36.0 Å². The molecule has 0 aliphatic heterocycles. The average molecular weight is 565 g/mol. The summed E-state index contributed by atoms with van der Waals surface area (Å²) in [6.45, 7) is 7.36. The molecule has 0 aliphatic rings. The van der Waals surface area contributed by atoms with Gasteiger partial charge in [0.05, 0.1) is 20.3 Å². The lowest BCUT2D eigenvalue weighted by Gasteiger charge is -2.26. The quantitative estimate of drug-likeness (QED) is 0.174. The van der Waals surface area contributed by atoms with Crippen LogP contribution in [0.25, 0.3) is 0 Å². The predicted octanol–water partition coefficient (Wildman–Crippen LogP) is 3.00. The highest BCUT2D eigenvalue weighted by atomic mass is 127. The summed E-state index contributed by atoms with van der Waals surface area (Å²) in [6.07, 6.45) is 0.339. The molecule has 9 nitrogen and oxygen atoms in total. The van der Waals surface area contributed by atoms with Crippen LogP contribution in [-0.2, 0) is 4.74 Å². The Morgan fingerprint density at radius 2 is 1.69 bits per heavy atom. The Bertz CT molecular complexity index is 723. The van der Waals surface area contributed by atoms with Crippen LogP contribution < -0.4 is 25.4 Å². The Kier molecular flexibility index (Phi) is 14.1. The fourth-order valence-electron chi connectivity index (χ4n) is 2.87.